The number of aryl methyl sites for hydroxylation is 2. The molecule has 0 bridgehead atoms. The van der Waals surface area contributed by atoms with Crippen molar-refractivity contribution in [2.24, 2.45) is 11.7 Å². The number of carbonyl (C=O) groups excluding carboxylic acids is 1. The van der Waals surface area contributed by atoms with Crippen molar-refractivity contribution in [3.63, 3.8) is 0 Å². The van der Waals surface area contributed by atoms with Gasteiger partial charge in [0.1, 0.15) is 5.54 Å². The van der Waals surface area contributed by atoms with Gasteiger partial charge in [0.05, 0.1) is 19.3 Å². The summed E-state index contributed by atoms with van der Waals surface area (Å²) in [6.45, 7) is 4.28. The molecule has 1 aliphatic carbocycles. The number of ether oxygens (including phenoxy) is 1. The summed E-state index contributed by atoms with van der Waals surface area (Å²) in [6.07, 6.45) is 1.98. The fourth-order valence-corrected chi connectivity index (χ4v) is 2.23. The first-order chi connectivity index (χ1) is 7.97. The summed E-state index contributed by atoms with van der Waals surface area (Å²) in [5.41, 5.74) is 7.25. The van der Waals surface area contributed by atoms with Crippen molar-refractivity contribution < 1.29 is 9.53 Å². The molecule has 5 heteroatoms. The third-order valence-corrected chi connectivity index (χ3v) is 3.39. The van der Waals surface area contributed by atoms with Gasteiger partial charge in [0, 0.05) is 5.69 Å². The van der Waals surface area contributed by atoms with E-state index in [4.69, 9.17) is 10.5 Å². The first-order valence-corrected chi connectivity index (χ1v) is 5.85. The van der Waals surface area contributed by atoms with E-state index in [9.17, 15) is 4.79 Å². The summed E-state index contributed by atoms with van der Waals surface area (Å²) in [5.74, 6) is -0.119. The molecule has 1 fully saturated rings. The highest BCUT2D eigenvalue weighted by molar-refractivity contribution is 5.81. The van der Waals surface area contributed by atoms with E-state index in [0.29, 0.717) is 6.54 Å². The molecule has 94 valence electrons. The van der Waals surface area contributed by atoms with Gasteiger partial charge >= 0.3 is 5.97 Å². The van der Waals surface area contributed by atoms with Gasteiger partial charge < -0.3 is 10.5 Å². The lowest BCUT2D eigenvalue weighted by molar-refractivity contribution is -0.148. The molecule has 2 N–H and O–H groups in total. The maximum atomic E-state index is 11.8. The second-order valence-corrected chi connectivity index (χ2v) is 4.89. The topological polar surface area (TPSA) is 70.1 Å². The standard InChI is InChI=1S/C12H19N3O2/c1-8-6-9(2)15(14-8)7-12(13,10-4-5-10)11(16)17-3/h6,10H,4-5,7,13H2,1-3H3. The Morgan fingerprint density at radius 2 is 2.29 bits per heavy atom. The number of hydrogen-bond donors (Lipinski definition) is 1. The molecular weight excluding hydrogens is 218 g/mol. The molecule has 1 unspecified atom stereocenters. The van der Waals surface area contributed by atoms with E-state index in [1.165, 1.54) is 7.11 Å². The smallest absolute Gasteiger partial charge is 0.328 e. The van der Waals surface area contributed by atoms with Crippen molar-refractivity contribution in [1.82, 2.24) is 9.78 Å². The highest BCUT2D eigenvalue weighted by Crippen LogP contribution is 2.40. The average Bonchev–Trinajstić information content (AvgIpc) is 3.06. The summed E-state index contributed by atoms with van der Waals surface area (Å²) in [6, 6.07) is 1.98. The zero-order valence-corrected chi connectivity index (χ0v) is 10.6. The van der Waals surface area contributed by atoms with Gasteiger partial charge in [-0.25, -0.2) is 4.79 Å². The van der Waals surface area contributed by atoms with Crippen molar-refractivity contribution in [2.75, 3.05) is 7.11 Å². The minimum Gasteiger partial charge on any atom is -0.468 e. The Balaban J connectivity index is 2.24. The lowest BCUT2D eigenvalue weighted by Crippen LogP contribution is -2.54. The Kier molecular flexibility index (Phi) is 2.95. The van der Waals surface area contributed by atoms with Crippen molar-refractivity contribution >= 4 is 5.97 Å². The second-order valence-electron chi connectivity index (χ2n) is 4.89. The molecule has 0 saturated heterocycles. The van der Waals surface area contributed by atoms with Crippen LogP contribution in [0.5, 0.6) is 0 Å². The monoisotopic (exact) mass is 237 g/mol. The van der Waals surface area contributed by atoms with Crippen molar-refractivity contribution in [1.29, 1.82) is 0 Å². The third kappa shape index (κ3) is 2.20. The zero-order valence-electron chi connectivity index (χ0n) is 10.6. The van der Waals surface area contributed by atoms with Crippen molar-refractivity contribution in [3.8, 4) is 0 Å². The van der Waals surface area contributed by atoms with Crippen LogP contribution in [0.15, 0.2) is 6.07 Å². The summed E-state index contributed by atoms with van der Waals surface area (Å²) >= 11 is 0. The quantitative estimate of drug-likeness (QED) is 0.786. The largest absolute Gasteiger partial charge is 0.468 e. The molecule has 0 spiro atoms. The normalized spacial score (nSPS) is 18.8. The van der Waals surface area contributed by atoms with E-state index < -0.39 is 5.54 Å². The van der Waals surface area contributed by atoms with Crippen LogP contribution in [0, 0.1) is 19.8 Å². The lowest BCUT2D eigenvalue weighted by atomic mass is 9.94. The van der Waals surface area contributed by atoms with Gasteiger partial charge in [-0.2, -0.15) is 5.10 Å². The van der Waals surface area contributed by atoms with E-state index in [1.54, 1.807) is 4.68 Å². The molecule has 1 saturated carbocycles. The number of esters is 1. The Hall–Kier alpha value is -1.36. The number of carbonyl (C=O) groups is 1. The molecule has 1 atom stereocenters. The summed E-state index contributed by atoms with van der Waals surface area (Å²) in [5, 5.41) is 4.35. The number of nitrogens with zero attached hydrogens (tertiary/aromatic N) is 2. The molecule has 1 aromatic heterocycles. The van der Waals surface area contributed by atoms with Gasteiger partial charge in [0.2, 0.25) is 0 Å². The molecule has 0 aromatic carbocycles. The van der Waals surface area contributed by atoms with Crippen LogP contribution in [-0.4, -0.2) is 28.4 Å². The fraction of sp³-hybridized carbons (Fsp3) is 0.667. The van der Waals surface area contributed by atoms with Crippen LogP contribution in [0.1, 0.15) is 24.2 Å². The van der Waals surface area contributed by atoms with Crippen LogP contribution in [0.2, 0.25) is 0 Å². The Morgan fingerprint density at radius 1 is 1.65 bits per heavy atom. The predicted molar refractivity (Wildman–Crippen MR) is 63.4 cm³/mol. The minimum absolute atomic E-state index is 0.221. The number of hydrogen-bond acceptors (Lipinski definition) is 4. The van der Waals surface area contributed by atoms with Gasteiger partial charge in [-0.15, -0.1) is 0 Å². The van der Waals surface area contributed by atoms with Crippen LogP contribution in [0.4, 0.5) is 0 Å². The van der Waals surface area contributed by atoms with Crippen LogP contribution in [0.3, 0.4) is 0 Å². The summed E-state index contributed by atoms with van der Waals surface area (Å²) in [4.78, 5) is 11.8. The van der Waals surface area contributed by atoms with Gasteiger partial charge in [0.15, 0.2) is 0 Å². The van der Waals surface area contributed by atoms with E-state index in [1.807, 2.05) is 19.9 Å². The van der Waals surface area contributed by atoms with Crippen molar-refractivity contribution in [3.05, 3.63) is 17.5 Å². The molecule has 5 nitrogen and oxygen atoms in total. The highest BCUT2D eigenvalue weighted by Gasteiger charge is 2.49. The van der Waals surface area contributed by atoms with Gasteiger partial charge in [-0.3, -0.25) is 4.68 Å². The average molecular weight is 237 g/mol. The number of nitrogens with two attached hydrogens (primary N) is 1. The molecule has 0 radical (unpaired) electrons. The van der Waals surface area contributed by atoms with Crippen LogP contribution < -0.4 is 5.73 Å². The molecule has 0 amide bonds. The first kappa shape index (κ1) is 12.1. The molecule has 1 aliphatic rings. The number of rotatable bonds is 4. The van der Waals surface area contributed by atoms with E-state index in [0.717, 1.165) is 24.2 Å². The van der Waals surface area contributed by atoms with E-state index >= 15 is 0 Å². The Labute approximate surface area is 101 Å². The summed E-state index contributed by atoms with van der Waals surface area (Å²) in [7, 11) is 1.38. The predicted octanol–water partition coefficient (Wildman–Crippen LogP) is 0.780. The van der Waals surface area contributed by atoms with Crippen LogP contribution in [0.25, 0.3) is 0 Å². The Bertz CT molecular complexity index is 437. The summed E-state index contributed by atoms with van der Waals surface area (Å²) < 4.78 is 6.63. The van der Waals surface area contributed by atoms with E-state index in [2.05, 4.69) is 5.10 Å². The SMILES string of the molecule is COC(=O)C(N)(Cn1nc(C)cc1C)C1CC1. The molecule has 2 rings (SSSR count). The molecule has 1 heterocycles. The van der Waals surface area contributed by atoms with Gasteiger partial charge in [-0.05, 0) is 38.7 Å². The van der Waals surface area contributed by atoms with Crippen molar-refractivity contribution in [2.45, 2.75) is 38.8 Å². The minimum atomic E-state index is -0.933. The van der Waals surface area contributed by atoms with Crippen LogP contribution in [-0.2, 0) is 16.1 Å². The maximum absolute atomic E-state index is 11.8. The third-order valence-electron chi connectivity index (χ3n) is 3.39. The van der Waals surface area contributed by atoms with E-state index in [-0.39, 0.29) is 11.9 Å². The second kappa shape index (κ2) is 4.14. The molecule has 1 aromatic rings. The fourth-order valence-electron chi connectivity index (χ4n) is 2.23. The molecule has 17 heavy (non-hydrogen) atoms. The van der Waals surface area contributed by atoms with Crippen LogP contribution >= 0.6 is 0 Å². The highest BCUT2D eigenvalue weighted by atomic mass is 16.5. The molecule has 0 aliphatic heterocycles. The zero-order chi connectivity index (χ0) is 12.6. The molecular formula is C12H19N3O2. The Morgan fingerprint density at radius 3 is 2.71 bits per heavy atom. The van der Waals surface area contributed by atoms with Gasteiger partial charge in [-0.1, -0.05) is 0 Å². The maximum Gasteiger partial charge on any atom is 0.328 e. The number of aromatic nitrogens is 2. The lowest BCUT2D eigenvalue weighted by Gasteiger charge is -2.26. The van der Waals surface area contributed by atoms with Gasteiger partial charge in [0.25, 0.3) is 0 Å². The number of methoxy groups -OCH3 is 1. The first-order valence-electron chi connectivity index (χ1n) is 5.85.